The Balaban J connectivity index is 0.000000726. The first-order chi connectivity index (χ1) is 14.1. The minimum atomic E-state index is 0.800. The number of likely N-dealkylation sites (N-methyl/N-ethyl adjacent to an activating group) is 1. The number of unbranched alkanes of at least 4 members (excludes halogenated alkanes) is 9. The van der Waals surface area contributed by atoms with Gasteiger partial charge in [-0.1, -0.05) is 76.5 Å². The number of para-hydroxylation sites is 1. The number of aromatic nitrogens is 3. The SMILES string of the molecule is CCCCCCCCCCCC[N+](C)(C)CCOc1ccccc1.c1nnc[n-]1. The molecule has 0 aliphatic rings. The quantitative estimate of drug-likeness (QED) is 0.292. The molecule has 164 valence electrons. The zero-order valence-corrected chi connectivity index (χ0v) is 18.9. The van der Waals surface area contributed by atoms with E-state index >= 15 is 0 Å². The standard InChI is InChI=1S/C22H40NO.C2H2N3/c1-4-5-6-7-8-9-10-11-12-16-19-23(2,3)20-21-24-22-17-14-13-15-18-22;1-3-2-5-4-1/h13-15,17-18H,4-12,16,19-21H2,1-3H3;1-2H/q+1;-1. The molecule has 29 heavy (non-hydrogen) atoms. The highest BCUT2D eigenvalue weighted by Gasteiger charge is 2.14. The van der Waals surface area contributed by atoms with Gasteiger partial charge < -0.3 is 24.4 Å². The van der Waals surface area contributed by atoms with E-state index in [4.69, 9.17) is 4.74 Å². The van der Waals surface area contributed by atoms with Crippen molar-refractivity contribution in [3.63, 3.8) is 0 Å². The summed E-state index contributed by atoms with van der Waals surface area (Å²) < 4.78 is 6.89. The van der Waals surface area contributed by atoms with Crippen LogP contribution in [0.3, 0.4) is 0 Å². The Bertz CT molecular complexity index is 540. The van der Waals surface area contributed by atoms with Crippen molar-refractivity contribution in [3.8, 4) is 5.75 Å². The molecule has 0 amide bonds. The molecule has 1 aromatic heterocycles. The Morgan fingerprint density at radius 1 is 0.759 bits per heavy atom. The van der Waals surface area contributed by atoms with Crippen LogP contribution < -0.4 is 9.72 Å². The van der Waals surface area contributed by atoms with Gasteiger partial charge >= 0.3 is 0 Å². The molecule has 0 saturated carbocycles. The molecule has 1 heterocycles. The highest BCUT2D eigenvalue weighted by molar-refractivity contribution is 5.20. The van der Waals surface area contributed by atoms with Gasteiger partial charge in [0.2, 0.25) is 0 Å². The van der Waals surface area contributed by atoms with Crippen molar-refractivity contribution in [1.82, 2.24) is 15.2 Å². The minimum Gasteiger partial charge on any atom is -0.488 e. The average molecular weight is 403 g/mol. The second-order valence-corrected chi connectivity index (χ2v) is 8.34. The van der Waals surface area contributed by atoms with E-state index in [0.717, 1.165) is 23.4 Å². The van der Waals surface area contributed by atoms with E-state index in [1.807, 2.05) is 30.3 Å². The van der Waals surface area contributed by atoms with Crippen LogP contribution in [0.4, 0.5) is 0 Å². The lowest BCUT2D eigenvalue weighted by molar-refractivity contribution is -0.890. The van der Waals surface area contributed by atoms with E-state index in [9.17, 15) is 0 Å². The monoisotopic (exact) mass is 402 g/mol. The fraction of sp³-hybridized carbons (Fsp3) is 0.667. The van der Waals surface area contributed by atoms with Crippen LogP contribution in [-0.2, 0) is 0 Å². The molecular weight excluding hydrogens is 360 g/mol. The van der Waals surface area contributed by atoms with Gasteiger partial charge in [0.05, 0.1) is 20.6 Å². The Hall–Kier alpha value is -1.88. The summed E-state index contributed by atoms with van der Waals surface area (Å²) in [7, 11) is 4.64. The zero-order valence-electron chi connectivity index (χ0n) is 18.9. The van der Waals surface area contributed by atoms with Gasteiger partial charge in [0.25, 0.3) is 0 Å². The number of ether oxygens (including phenoxy) is 1. The molecule has 0 atom stereocenters. The van der Waals surface area contributed by atoms with Crippen molar-refractivity contribution >= 4 is 0 Å². The number of quaternary nitrogens is 1. The van der Waals surface area contributed by atoms with Gasteiger partial charge in [-0.05, 0) is 37.6 Å². The van der Waals surface area contributed by atoms with Crippen molar-refractivity contribution in [2.45, 2.75) is 71.1 Å². The number of benzene rings is 1. The molecule has 1 aromatic carbocycles. The number of nitrogens with zero attached hydrogens (tertiary/aromatic N) is 4. The summed E-state index contributed by atoms with van der Waals surface area (Å²) >= 11 is 0. The molecule has 0 unspecified atom stereocenters. The predicted molar refractivity (Wildman–Crippen MR) is 121 cm³/mol. The van der Waals surface area contributed by atoms with E-state index in [-0.39, 0.29) is 0 Å². The molecule has 0 N–H and O–H groups in total. The summed E-state index contributed by atoms with van der Waals surface area (Å²) in [6.45, 7) is 5.42. The molecule has 0 fully saturated rings. The Morgan fingerprint density at radius 2 is 1.31 bits per heavy atom. The maximum absolute atomic E-state index is 5.83. The molecule has 2 aromatic rings. The summed E-state index contributed by atoms with van der Waals surface area (Å²) in [5.74, 6) is 0.983. The van der Waals surface area contributed by atoms with Crippen LogP contribution in [0.25, 0.3) is 0 Å². The number of rotatable bonds is 15. The van der Waals surface area contributed by atoms with Gasteiger partial charge in [-0.2, -0.15) is 0 Å². The largest absolute Gasteiger partial charge is 0.488 e. The molecule has 0 saturated heterocycles. The van der Waals surface area contributed by atoms with Crippen LogP contribution in [0.2, 0.25) is 0 Å². The third-order valence-electron chi connectivity index (χ3n) is 5.13. The molecule has 0 aliphatic heterocycles. The fourth-order valence-electron chi connectivity index (χ4n) is 3.22. The first-order valence-corrected chi connectivity index (χ1v) is 11.4. The summed E-state index contributed by atoms with van der Waals surface area (Å²) in [5, 5.41) is 6.72. The molecule has 5 nitrogen and oxygen atoms in total. The third kappa shape index (κ3) is 15.7. The second kappa shape index (κ2) is 17.0. The molecular formula is C24H42N4O. The van der Waals surface area contributed by atoms with Crippen molar-refractivity contribution in [2.75, 3.05) is 33.8 Å². The number of hydrogen-bond donors (Lipinski definition) is 0. The normalized spacial score (nSPS) is 11.0. The highest BCUT2D eigenvalue weighted by atomic mass is 16.5. The minimum absolute atomic E-state index is 0.800. The van der Waals surface area contributed by atoms with Gasteiger partial charge in [-0.25, -0.2) is 0 Å². The highest BCUT2D eigenvalue weighted by Crippen LogP contribution is 2.12. The van der Waals surface area contributed by atoms with Crippen molar-refractivity contribution < 1.29 is 9.22 Å². The first kappa shape index (κ1) is 25.2. The van der Waals surface area contributed by atoms with Crippen LogP contribution in [0.1, 0.15) is 71.1 Å². The number of hydrogen-bond acceptors (Lipinski definition) is 3. The van der Waals surface area contributed by atoms with Crippen LogP contribution in [0.15, 0.2) is 43.0 Å². The van der Waals surface area contributed by atoms with Gasteiger partial charge in [-0.3, -0.25) is 0 Å². The van der Waals surface area contributed by atoms with E-state index in [1.54, 1.807) is 0 Å². The van der Waals surface area contributed by atoms with Gasteiger partial charge in [0.15, 0.2) is 0 Å². The smallest absolute Gasteiger partial charge is 0.137 e. The maximum atomic E-state index is 5.83. The Kier molecular flexibility index (Phi) is 14.8. The zero-order chi connectivity index (χ0) is 21.0. The van der Waals surface area contributed by atoms with E-state index < -0.39 is 0 Å². The van der Waals surface area contributed by atoms with Gasteiger partial charge in [0, 0.05) is 0 Å². The molecule has 0 spiro atoms. The van der Waals surface area contributed by atoms with Crippen LogP contribution in [0.5, 0.6) is 5.75 Å². The average Bonchev–Trinajstić information content (AvgIpc) is 3.30. The van der Waals surface area contributed by atoms with E-state index in [1.165, 1.54) is 83.4 Å². The van der Waals surface area contributed by atoms with Crippen LogP contribution >= 0.6 is 0 Å². The fourth-order valence-corrected chi connectivity index (χ4v) is 3.22. The Labute approximate surface area is 178 Å². The lowest BCUT2D eigenvalue weighted by atomic mass is 10.1. The summed E-state index contributed by atoms with van der Waals surface area (Å²) in [6, 6.07) is 10.1. The molecule has 0 bridgehead atoms. The predicted octanol–water partition coefficient (Wildman–Crippen LogP) is 5.50. The van der Waals surface area contributed by atoms with Crippen LogP contribution in [0, 0.1) is 0 Å². The van der Waals surface area contributed by atoms with E-state index in [2.05, 4.69) is 36.2 Å². The maximum Gasteiger partial charge on any atom is 0.137 e. The molecule has 2 rings (SSSR count). The lowest BCUT2D eigenvalue weighted by Gasteiger charge is -2.29. The lowest BCUT2D eigenvalue weighted by Crippen LogP contribution is -2.43. The summed E-state index contributed by atoms with van der Waals surface area (Å²) in [6.07, 6.45) is 16.9. The molecule has 0 aliphatic carbocycles. The van der Waals surface area contributed by atoms with Gasteiger partial charge in [-0.15, -0.1) is 0 Å². The van der Waals surface area contributed by atoms with Crippen molar-refractivity contribution in [2.24, 2.45) is 0 Å². The Morgan fingerprint density at radius 3 is 1.83 bits per heavy atom. The first-order valence-electron chi connectivity index (χ1n) is 11.4. The van der Waals surface area contributed by atoms with Crippen molar-refractivity contribution in [3.05, 3.63) is 43.0 Å². The van der Waals surface area contributed by atoms with E-state index in [0.29, 0.717) is 0 Å². The third-order valence-corrected chi connectivity index (χ3v) is 5.13. The molecule has 0 radical (unpaired) electrons. The topological polar surface area (TPSA) is 49.1 Å². The summed E-state index contributed by atoms with van der Waals surface area (Å²) in [5.41, 5.74) is 0. The molecule has 5 heteroatoms. The van der Waals surface area contributed by atoms with Crippen LogP contribution in [-0.4, -0.2) is 48.5 Å². The van der Waals surface area contributed by atoms with Crippen molar-refractivity contribution in [1.29, 1.82) is 0 Å². The summed E-state index contributed by atoms with van der Waals surface area (Å²) in [4.78, 5) is 3.50. The van der Waals surface area contributed by atoms with Gasteiger partial charge in [0.1, 0.15) is 18.9 Å². The second-order valence-electron chi connectivity index (χ2n) is 8.34.